The summed E-state index contributed by atoms with van der Waals surface area (Å²) in [4.78, 5) is 33.2. The van der Waals surface area contributed by atoms with Gasteiger partial charge in [0.2, 0.25) is 5.88 Å². The molecule has 0 radical (unpaired) electrons. The number of aryl methyl sites for hydroxylation is 1. The minimum absolute atomic E-state index is 0.0831. The number of aromatic nitrogens is 2. The molecule has 7 nitrogen and oxygen atoms in total. The van der Waals surface area contributed by atoms with Crippen molar-refractivity contribution in [3.8, 4) is 5.88 Å². The molecule has 0 saturated heterocycles. The number of nitrogens with one attached hydrogen (secondary N) is 1. The number of halogens is 2. The number of Topliss-reactive ketones (excluding diaryl/α,β-unsaturated/α-hetero) is 1. The normalized spacial score (nSPS) is 13.8. The highest BCUT2D eigenvalue weighted by atomic mass is 19.3. The molecule has 0 aromatic carbocycles. The van der Waals surface area contributed by atoms with Gasteiger partial charge in [0, 0.05) is 35.3 Å². The molecule has 2 heterocycles. The fourth-order valence-electron chi connectivity index (χ4n) is 3.18. The van der Waals surface area contributed by atoms with Crippen LogP contribution >= 0.6 is 0 Å². The summed E-state index contributed by atoms with van der Waals surface area (Å²) in [6.07, 6.45) is 0.740. The predicted molar refractivity (Wildman–Crippen MR) is 113 cm³/mol. The van der Waals surface area contributed by atoms with E-state index in [2.05, 4.69) is 15.3 Å². The van der Waals surface area contributed by atoms with Gasteiger partial charge in [0.1, 0.15) is 5.60 Å². The molecule has 0 aliphatic heterocycles. The molecule has 2 aromatic rings. The van der Waals surface area contributed by atoms with Crippen molar-refractivity contribution in [1.82, 2.24) is 15.3 Å². The van der Waals surface area contributed by atoms with Gasteiger partial charge in [-0.2, -0.15) is 0 Å². The summed E-state index contributed by atoms with van der Waals surface area (Å²) >= 11 is 0. The van der Waals surface area contributed by atoms with Crippen molar-refractivity contribution in [2.45, 2.75) is 64.5 Å². The van der Waals surface area contributed by atoms with E-state index < -0.39 is 24.4 Å². The molecule has 1 aliphatic carbocycles. The molecular weight excluding hydrogens is 420 g/mol. The van der Waals surface area contributed by atoms with E-state index in [0.29, 0.717) is 17.0 Å². The van der Waals surface area contributed by atoms with Crippen molar-refractivity contribution in [3.05, 3.63) is 52.5 Å². The van der Waals surface area contributed by atoms with Gasteiger partial charge < -0.3 is 15.2 Å². The number of carbonyl (C=O) groups is 2. The van der Waals surface area contributed by atoms with Gasteiger partial charge in [-0.1, -0.05) is 0 Å². The topological polar surface area (TPSA) is 101 Å². The largest absolute Gasteiger partial charge is 0.471 e. The van der Waals surface area contributed by atoms with Crippen molar-refractivity contribution >= 4 is 11.7 Å². The van der Waals surface area contributed by atoms with Crippen LogP contribution in [-0.4, -0.2) is 45.4 Å². The number of nitrogens with zero attached hydrogens (tertiary/aromatic N) is 2. The van der Waals surface area contributed by atoms with E-state index in [4.69, 9.17) is 4.74 Å². The van der Waals surface area contributed by atoms with E-state index in [-0.39, 0.29) is 30.7 Å². The Hall–Kier alpha value is -2.94. The first-order chi connectivity index (χ1) is 15.0. The second-order valence-corrected chi connectivity index (χ2v) is 8.54. The lowest BCUT2D eigenvalue weighted by Gasteiger charge is -2.15. The van der Waals surface area contributed by atoms with Crippen molar-refractivity contribution in [2.24, 2.45) is 0 Å². The minimum Gasteiger partial charge on any atom is -0.471 e. The van der Waals surface area contributed by atoms with Gasteiger partial charge in [-0.25, -0.2) is 13.8 Å². The molecule has 9 heteroatoms. The Morgan fingerprint density at radius 1 is 1.28 bits per heavy atom. The van der Waals surface area contributed by atoms with Crippen LogP contribution in [-0.2, 0) is 17.8 Å². The first-order valence-electron chi connectivity index (χ1n) is 10.4. The predicted octanol–water partition coefficient (Wildman–Crippen LogP) is 3.12. The Labute approximate surface area is 185 Å². The molecule has 2 N–H and O–H groups in total. The van der Waals surface area contributed by atoms with Crippen molar-refractivity contribution in [1.29, 1.82) is 0 Å². The van der Waals surface area contributed by atoms with Crippen LogP contribution in [0.1, 0.15) is 65.5 Å². The Balaban J connectivity index is 1.68. The molecule has 32 heavy (non-hydrogen) atoms. The molecule has 2 aromatic heterocycles. The Morgan fingerprint density at radius 2 is 2.00 bits per heavy atom. The summed E-state index contributed by atoms with van der Waals surface area (Å²) < 4.78 is 30.1. The van der Waals surface area contributed by atoms with Crippen LogP contribution in [0.4, 0.5) is 8.78 Å². The van der Waals surface area contributed by atoms with Crippen LogP contribution in [0.25, 0.3) is 0 Å². The lowest BCUT2D eigenvalue weighted by atomic mass is 9.98. The van der Waals surface area contributed by atoms with Crippen LogP contribution < -0.4 is 10.1 Å². The van der Waals surface area contributed by atoms with Gasteiger partial charge in [-0.3, -0.25) is 14.6 Å². The molecule has 172 valence electrons. The average molecular weight is 447 g/mol. The van der Waals surface area contributed by atoms with E-state index >= 15 is 0 Å². The van der Waals surface area contributed by atoms with Gasteiger partial charge in [-0.05, 0) is 63.3 Å². The Bertz CT molecular complexity index is 1000. The first kappa shape index (κ1) is 23.7. The summed E-state index contributed by atoms with van der Waals surface area (Å²) in [5.41, 5.74) is 1.36. The molecule has 1 saturated carbocycles. The van der Waals surface area contributed by atoms with Crippen LogP contribution in [0, 0.1) is 6.92 Å². The highest BCUT2D eigenvalue weighted by molar-refractivity contribution is 5.95. The summed E-state index contributed by atoms with van der Waals surface area (Å²) in [6.45, 7) is 4.03. The third-order valence-electron chi connectivity index (χ3n) is 5.04. The van der Waals surface area contributed by atoms with Gasteiger partial charge in [0.15, 0.2) is 12.4 Å². The number of amides is 1. The highest BCUT2D eigenvalue weighted by Gasteiger charge is 2.28. The number of hydrogen-bond donors (Lipinski definition) is 2. The molecular formula is C23H27F2N3O4. The molecule has 1 amide bonds. The van der Waals surface area contributed by atoms with Gasteiger partial charge in [0.05, 0.1) is 6.42 Å². The van der Waals surface area contributed by atoms with Crippen LogP contribution in [0.5, 0.6) is 5.88 Å². The molecule has 0 atom stereocenters. The van der Waals surface area contributed by atoms with E-state index in [1.807, 2.05) is 6.07 Å². The third-order valence-corrected chi connectivity index (χ3v) is 5.04. The molecule has 3 rings (SSSR count). The summed E-state index contributed by atoms with van der Waals surface area (Å²) in [5.74, 6) is -0.286. The van der Waals surface area contributed by atoms with Gasteiger partial charge >= 0.3 is 0 Å². The quantitative estimate of drug-likeness (QED) is 0.580. The number of hydrogen-bond acceptors (Lipinski definition) is 6. The van der Waals surface area contributed by atoms with Crippen LogP contribution in [0.2, 0.25) is 0 Å². The monoisotopic (exact) mass is 447 g/mol. The van der Waals surface area contributed by atoms with Crippen molar-refractivity contribution in [2.75, 3.05) is 6.61 Å². The maximum atomic E-state index is 12.7. The van der Waals surface area contributed by atoms with E-state index in [1.54, 1.807) is 13.0 Å². The lowest BCUT2D eigenvalue weighted by molar-refractivity contribution is -0.133. The Kier molecular flexibility index (Phi) is 7.18. The van der Waals surface area contributed by atoms with Crippen LogP contribution in [0.15, 0.2) is 24.4 Å². The lowest BCUT2D eigenvalue weighted by Crippen LogP contribution is -2.33. The van der Waals surface area contributed by atoms with E-state index in [9.17, 15) is 23.5 Å². The third kappa shape index (κ3) is 6.53. The molecule has 1 aliphatic rings. The average Bonchev–Trinajstić information content (AvgIpc) is 3.54. The van der Waals surface area contributed by atoms with Crippen molar-refractivity contribution in [3.63, 3.8) is 0 Å². The summed E-state index contributed by atoms with van der Waals surface area (Å²) in [5, 5.41) is 12.7. The zero-order valence-corrected chi connectivity index (χ0v) is 18.3. The van der Waals surface area contributed by atoms with Crippen LogP contribution in [0.3, 0.4) is 0 Å². The smallest absolute Gasteiger partial charge is 0.272 e. The summed E-state index contributed by atoms with van der Waals surface area (Å²) in [7, 11) is 0. The molecule has 0 unspecified atom stereocenters. The maximum absolute atomic E-state index is 12.7. The first-order valence-corrected chi connectivity index (χ1v) is 10.4. The van der Waals surface area contributed by atoms with E-state index in [1.165, 1.54) is 26.1 Å². The number of ketones is 1. The number of rotatable bonds is 10. The second-order valence-electron chi connectivity index (χ2n) is 8.54. The fourth-order valence-corrected chi connectivity index (χ4v) is 3.18. The van der Waals surface area contributed by atoms with Crippen molar-refractivity contribution < 1.29 is 28.2 Å². The van der Waals surface area contributed by atoms with Gasteiger partial charge in [0.25, 0.3) is 12.3 Å². The zero-order chi connectivity index (χ0) is 23.5. The maximum Gasteiger partial charge on any atom is 0.272 e. The number of aliphatic hydroxyl groups is 1. The SMILES string of the molecule is Cc1cc(C(=O)NCc2cnc(OCC(F)F)c(C3CC3)c2)cc(CC(=O)C(C)(C)O)n1. The number of pyridine rings is 2. The van der Waals surface area contributed by atoms with Gasteiger partial charge in [-0.15, -0.1) is 0 Å². The number of ether oxygens (including phenoxy) is 1. The second kappa shape index (κ2) is 9.68. The van der Waals surface area contributed by atoms with E-state index in [0.717, 1.165) is 24.0 Å². The standard InChI is InChI=1S/C23H27F2N3O4/c1-13-6-16(8-17(28-13)9-19(29)23(2,3)31)21(30)26-10-14-7-18(15-4-5-15)22(27-11-14)32-12-20(24)25/h6-8,11,15,20,31H,4-5,9-10,12H2,1-3H3,(H,26,30). The number of alkyl halides is 2. The number of carbonyl (C=O) groups excluding carboxylic acids is 2. The molecule has 0 spiro atoms. The fraction of sp³-hybridized carbons (Fsp3) is 0.478. The minimum atomic E-state index is -2.57. The molecule has 0 bridgehead atoms. The summed E-state index contributed by atoms with van der Waals surface area (Å²) in [6, 6.07) is 4.97. The zero-order valence-electron chi connectivity index (χ0n) is 18.3. The molecule has 1 fully saturated rings. The highest BCUT2D eigenvalue weighted by Crippen LogP contribution is 2.43. The Morgan fingerprint density at radius 3 is 2.62 bits per heavy atom.